The highest BCUT2D eigenvalue weighted by molar-refractivity contribution is 7.94. The number of benzene rings is 2. The Morgan fingerprint density at radius 3 is 2.67 bits per heavy atom. The quantitative estimate of drug-likeness (QED) is 0.576. The van der Waals surface area contributed by atoms with Crippen LogP contribution in [0.3, 0.4) is 0 Å². The summed E-state index contributed by atoms with van der Waals surface area (Å²) in [7, 11) is -3.98. The predicted molar refractivity (Wildman–Crippen MR) is 112 cm³/mol. The van der Waals surface area contributed by atoms with Crippen LogP contribution in [0.15, 0.2) is 41.3 Å². The minimum absolute atomic E-state index is 0.0334. The Balaban J connectivity index is 1.92. The molecular formula is C18H22Cl2N4O2S. The lowest BCUT2D eigenvalue weighted by atomic mass is 10.2. The summed E-state index contributed by atoms with van der Waals surface area (Å²) in [5, 5.41) is 3.74. The zero-order chi connectivity index (χ0) is 19.6. The van der Waals surface area contributed by atoms with Crippen LogP contribution in [-0.4, -0.2) is 34.6 Å². The number of halogens is 2. The van der Waals surface area contributed by atoms with Crippen LogP contribution in [0.2, 0.25) is 5.02 Å². The van der Waals surface area contributed by atoms with Crippen LogP contribution in [-0.2, 0) is 10.0 Å². The Morgan fingerprint density at radius 1 is 1.15 bits per heavy atom. The van der Waals surface area contributed by atoms with E-state index in [-0.39, 0.29) is 4.90 Å². The lowest BCUT2D eigenvalue weighted by molar-refractivity contribution is 0.598. The summed E-state index contributed by atoms with van der Waals surface area (Å²) in [6.45, 7) is 5.28. The smallest absolute Gasteiger partial charge is 0.278 e. The number of rotatable bonds is 4. The average Bonchev–Trinajstić information content (AvgIpc) is 2.92. The third kappa shape index (κ3) is 4.27. The van der Waals surface area contributed by atoms with Gasteiger partial charge in [-0.2, -0.15) is 12.2 Å². The maximum absolute atomic E-state index is 13.0. The van der Waals surface area contributed by atoms with Crippen molar-refractivity contribution in [3.8, 4) is 0 Å². The molecule has 1 heterocycles. The van der Waals surface area contributed by atoms with Crippen molar-refractivity contribution in [1.29, 1.82) is 0 Å². The summed E-state index contributed by atoms with van der Waals surface area (Å²) in [6.07, 6.45) is 1.00. The first-order valence-corrected chi connectivity index (χ1v) is 10.8. The maximum atomic E-state index is 13.0. The number of nitrogens with one attached hydrogen (secondary N) is 1. The zero-order valence-electron chi connectivity index (χ0n) is 15.0. The molecular weight excluding hydrogens is 407 g/mol. The molecule has 0 bridgehead atoms. The van der Waals surface area contributed by atoms with Crippen molar-refractivity contribution in [1.82, 2.24) is 5.32 Å². The molecule has 1 fully saturated rings. The van der Waals surface area contributed by atoms with Crippen molar-refractivity contribution in [2.24, 2.45) is 0 Å². The van der Waals surface area contributed by atoms with Crippen LogP contribution in [0.4, 0.5) is 17.1 Å². The van der Waals surface area contributed by atoms with Crippen LogP contribution >= 0.6 is 23.4 Å². The van der Waals surface area contributed by atoms with Gasteiger partial charge in [0.25, 0.3) is 10.0 Å². The first-order chi connectivity index (χ1) is 12.8. The van der Waals surface area contributed by atoms with E-state index in [4.69, 9.17) is 29.1 Å². The van der Waals surface area contributed by atoms with Gasteiger partial charge in [-0.1, -0.05) is 17.7 Å². The molecule has 0 radical (unpaired) electrons. The van der Waals surface area contributed by atoms with Crippen LogP contribution in [0, 0.1) is 6.92 Å². The number of anilines is 3. The van der Waals surface area contributed by atoms with Crippen LogP contribution in [0.25, 0.3) is 0 Å². The van der Waals surface area contributed by atoms with Gasteiger partial charge in [-0.15, -0.1) is 0 Å². The highest BCUT2D eigenvalue weighted by atomic mass is 35.5. The van der Waals surface area contributed by atoms with Gasteiger partial charge in [0.05, 0.1) is 22.0 Å². The number of nitrogens with two attached hydrogens (primary N) is 1. The van der Waals surface area contributed by atoms with Gasteiger partial charge in [-0.05, 0) is 55.8 Å². The molecule has 3 N–H and O–H groups in total. The normalized spacial score (nSPS) is 15.4. The van der Waals surface area contributed by atoms with E-state index in [0.29, 0.717) is 22.0 Å². The van der Waals surface area contributed by atoms with E-state index >= 15 is 0 Å². The van der Waals surface area contributed by atoms with Crippen molar-refractivity contribution in [3.05, 3.63) is 47.0 Å². The largest absolute Gasteiger partial charge is 0.397 e. The summed E-state index contributed by atoms with van der Waals surface area (Å²) >= 11 is 12.2. The van der Waals surface area contributed by atoms with Gasteiger partial charge in [0, 0.05) is 36.4 Å². The fraction of sp³-hybridized carbons (Fsp3) is 0.333. The van der Waals surface area contributed by atoms with Crippen LogP contribution < -0.4 is 19.8 Å². The molecule has 2 aromatic rings. The standard InChI is InChI=1S/C18H22Cl2N4O2S/c1-13-3-4-14(19)11-18(13)24(20)27(25,26)15-5-6-17(16(21)12-15)23-9-2-7-22-8-10-23/h3-6,11-12,22H,2,7-10,21H2,1H3. The Bertz CT molecular complexity index is 929. The van der Waals surface area contributed by atoms with E-state index in [2.05, 4.69) is 10.2 Å². The number of sulfonamides is 1. The highest BCUT2D eigenvalue weighted by Gasteiger charge is 2.26. The molecule has 9 heteroatoms. The van der Waals surface area contributed by atoms with Gasteiger partial charge in [0.1, 0.15) is 0 Å². The number of nitrogens with zero attached hydrogens (tertiary/aromatic N) is 2. The second-order valence-electron chi connectivity index (χ2n) is 6.46. The summed E-state index contributed by atoms with van der Waals surface area (Å²) in [4.78, 5) is 2.19. The third-order valence-electron chi connectivity index (χ3n) is 4.55. The molecule has 0 spiro atoms. The van der Waals surface area contributed by atoms with E-state index < -0.39 is 10.0 Å². The number of hydrogen-bond donors (Lipinski definition) is 2. The van der Waals surface area contributed by atoms with Crippen molar-refractivity contribution < 1.29 is 8.42 Å². The Kier molecular flexibility index (Phi) is 6.05. The molecule has 1 aliphatic heterocycles. The molecule has 0 aromatic heterocycles. The lowest BCUT2D eigenvalue weighted by Gasteiger charge is -2.25. The van der Waals surface area contributed by atoms with Gasteiger partial charge in [-0.3, -0.25) is 0 Å². The number of aryl methyl sites for hydroxylation is 1. The molecule has 3 rings (SSSR count). The molecule has 0 unspecified atom stereocenters. The van der Waals surface area contributed by atoms with E-state index in [9.17, 15) is 8.42 Å². The van der Waals surface area contributed by atoms with Crippen molar-refractivity contribution in [3.63, 3.8) is 0 Å². The summed E-state index contributed by atoms with van der Waals surface area (Å²) in [5.74, 6) is 0. The molecule has 0 saturated carbocycles. The van der Waals surface area contributed by atoms with E-state index in [0.717, 1.165) is 42.1 Å². The van der Waals surface area contributed by atoms with Crippen molar-refractivity contribution >= 4 is 50.5 Å². The Labute approximate surface area is 170 Å². The van der Waals surface area contributed by atoms with Gasteiger partial charge in [-0.25, -0.2) is 0 Å². The topological polar surface area (TPSA) is 78.7 Å². The monoisotopic (exact) mass is 428 g/mol. The molecule has 6 nitrogen and oxygen atoms in total. The van der Waals surface area contributed by atoms with Crippen molar-refractivity contribution in [2.45, 2.75) is 18.2 Å². The molecule has 1 saturated heterocycles. The molecule has 2 aromatic carbocycles. The molecule has 27 heavy (non-hydrogen) atoms. The number of hydrogen-bond acceptors (Lipinski definition) is 5. The highest BCUT2D eigenvalue weighted by Crippen LogP contribution is 2.33. The van der Waals surface area contributed by atoms with Crippen LogP contribution in [0.1, 0.15) is 12.0 Å². The molecule has 0 atom stereocenters. The fourth-order valence-electron chi connectivity index (χ4n) is 3.06. The third-order valence-corrected chi connectivity index (χ3v) is 6.98. The van der Waals surface area contributed by atoms with E-state index in [1.165, 1.54) is 18.2 Å². The summed E-state index contributed by atoms with van der Waals surface area (Å²) in [6, 6.07) is 9.65. The minimum Gasteiger partial charge on any atom is -0.397 e. The molecule has 146 valence electrons. The first kappa shape index (κ1) is 20.1. The summed E-state index contributed by atoms with van der Waals surface area (Å²) in [5.41, 5.74) is 8.43. The van der Waals surface area contributed by atoms with Crippen LogP contribution in [0.5, 0.6) is 0 Å². The second-order valence-corrected chi connectivity index (χ2v) is 9.22. The predicted octanol–water partition coefficient (Wildman–Crippen LogP) is 3.38. The van der Waals surface area contributed by atoms with E-state index in [1.807, 2.05) is 0 Å². The Morgan fingerprint density at radius 2 is 1.93 bits per heavy atom. The number of nitrogen functional groups attached to an aromatic ring is 1. The average molecular weight is 429 g/mol. The zero-order valence-corrected chi connectivity index (χ0v) is 17.3. The molecule has 1 aliphatic rings. The van der Waals surface area contributed by atoms with Gasteiger partial charge < -0.3 is 16.0 Å². The SMILES string of the molecule is Cc1ccc(Cl)cc1N(Cl)S(=O)(=O)c1ccc(N2CCCNCC2)c(N)c1. The first-order valence-electron chi connectivity index (χ1n) is 8.63. The minimum atomic E-state index is -3.98. The second kappa shape index (κ2) is 8.14. The lowest BCUT2D eigenvalue weighted by Crippen LogP contribution is -2.28. The fourth-order valence-corrected chi connectivity index (χ4v) is 4.81. The van der Waals surface area contributed by atoms with Crippen molar-refractivity contribution in [2.75, 3.05) is 40.6 Å². The Hall–Kier alpha value is -1.67. The summed E-state index contributed by atoms with van der Waals surface area (Å²) < 4.78 is 26.6. The van der Waals surface area contributed by atoms with E-state index in [1.54, 1.807) is 25.1 Å². The van der Waals surface area contributed by atoms with Gasteiger partial charge in [0.15, 0.2) is 0 Å². The van der Waals surface area contributed by atoms with Gasteiger partial charge >= 0.3 is 0 Å². The van der Waals surface area contributed by atoms with Gasteiger partial charge in [0.2, 0.25) is 0 Å². The molecule has 0 amide bonds. The molecule has 0 aliphatic carbocycles. The maximum Gasteiger partial charge on any atom is 0.278 e.